The predicted molar refractivity (Wildman–Crippen MR) is 97.2 cm³/mol. The molecular weight excluding hydrogens is 338 g/mol. The van der Waals surface area contributed by atoms with E-state index in [1.807, 2.05) is 18.2 Å². The third kappa shape index (κ3) is 2.97. The molecular formula is C17H19N5O2S. The fraction of sp³-hybridized carbons (Fsp3) is 0.353. The molecule has 1 fully saturated rings. The van der Waals surface area contributed by atoms with Crippen molar-refractivity contribution in [3.05, 3.63) is 48.5 Å². The molecule has 1 aliphatic heterocycles. The Morgan fingerprint density at radius 1 is 1.20 bits per heavy atom. The minimum absolute atomic E-state index is 0.167. The summed E-state index contributed by atoms with van der Waals surface area (Å²) in [5.74, 6) is 0.305. The van der Waals surface area contributed by atoms with Crippen molar-refractivity contribution < 1.29 is 9.84 Å². The minimum Gasteiger partial charge on any atom is -0.387 e. The van der Waals surface area contributed by atoms with E-state index < -0.39 is 12.3 Å². The van der Waals surface area contributed by atoms with E-state index in [-0.39, 0.29) is 11.4 Å². The normalized spacial score (nSPS) is 26.3. The number of rotatable bonds is 4. The number of aromatic nitrogens is 4. The van der Waals surface area contributed by atoms with Gasteiger partial charge in [0.05, 0.1) is 17.7 Å². The number of aliphatic hydroxyl groups excluding tert-OH is 1. The molecule has 0 aliphatic carbocycles. The Morgan fingerprint density at radius 2 is 2.00 bits per heavy atom. The van der Waals surface area contributed by atoms with E-state index in [0.717, 1.165) is 12.8 Å². The quantitative estimate of drug-likeness (QED) is 0.614. The SMILES string of the molecule is Nc1ncnc2c1ncn2[C@@H]1O[C@H](CCc2ccccc2)[C@@H](S)[C@H]1O. The van der Waals surface area contributed by atoms with Gasteiger partial charge in [-0.3, -0.25) is 4.57 Å². The largest absolute Gasteiger partial charge is 0.387 e. The van der Waals surface area contributed by atoms with E-state index in [0.29, 0.717) is 17.0 Å². The molecule has 1 saturated heterocycles. The number of nitrogen functional groups attached to an aromatic ring is 1. The lowest BCUT2D eigenvalue weighted by atomic mass is 10.0. The van der Waals surface area contributed by atoms with Crippen LogP contribution in [0, 0.1) is 0 Å². The van der Waals surface area contributed by atoms with Crippen LogP contribution in [0.2, 0.25) is 0 Å². The standard InChI is InChI=1S/C17H19N5O2S/c18-15-12-16(20-8-19-15)22(9-21-12)17-13(23)14(25)11(24-17)7-6-10-4-2-1-3-5-10/h1-5,8-9,11,13-14,17,23,25H,6-7H2,(H2,18,19,20)/t11-,13-,14-,17-/m1/s1. The van der Waals surface area contributed by atoms with Gasteiger partial charge in [0.2, 0.25) is 0 Å². The predicted octanol–water partition coefficient (Wildman–Crippen LogP) is 1.60. The van der Waals surface area contributed by atoms with Crippen LogP contribution in [0.4, 0.5) is 5.82 Å². The highest BCUT2D eigenvalue weighted by molar-refractivity contribution is 7.81. The van der Waals surface area contributed by atoms with Crippen molar-refractivity contribution in [1.82, 2.24) is 19.5 Å². The zero-order chi connectivity index (χ0) is 17.4. The van der Waals surface area contributed by atoms with Crippen molar-refractivity contribution in [2.75, 3.05) is 5.73 Å². The lowest BCUT2D eigenvalue weighted by Crippen LogP contribution is -2.27. The van der Waals surface area contributed by atoms with Gasteiger partial charge in [0, 0.05) is 0 Å². The lowest BCUT2D eigenvalue weighted by molar-refractivity contribution is -0.0366. The van der Waals surface area contributed by atoms with Crippen LogP contribution in [0.25, 0.3) is 11.2 Å². The van der Waals surface area contributed by atoms with Gasteiger partial charge in [0.1, 0.15) is 17.9 Å². The molecule has 0 bridgehead atoms. The highest BCUT2D eigenvalue weighted by Gasteiger charge is 2.43. The summed E-state index contributed by atoms with van der Waals surface area (Å²) in [6, 6.07) is 10.2. The molecule has 3 heterocycles. The Balaban J connectivity index is 1.54. The van der Waals surface area contributed by atoms with Crippen molar-refractivity contribution in [2.45, 2.75) is 36.5 Å². The number of fused-ring (bicyclic) bond motifs is 1. The van der Waals surface area contributed by atoms with Gasteiger partial charge in [0.15, 0.2) is 17.7 Å². The number of thiol groups is 1. The Hall–Kier alpha value is -2.16. The molecule has 0 unspecified atom stereocenters. The molecule has 0 saturated carbocycles. The Morgan fingerprint density at radius 3 is 2.80 bits per heavy atom. The van der Waals surface area contributed by atoms with E-state index in [2.05, 4.69) is 39.7 Å². The second-order valence-electron chi connectivity index (χ2n) is 6.15. The Kier molecular flexibility index (Phi) is 4.32. The lowest BCUT2D eigenvalue weighted by Gasteiger charge is -2.16. The van der Waals surface area contributed by atoms with Gasteiger partial charge in [-0.2, -0.15) is 12.6 Å². The zero-order valence-electron chi connectivity index (χ0n) is 13.4. The van der Waals surface area contributed by atoms with Gasteiger partial charge in [-0.15, -0.1) is 0 Å². The summed E-state index contributed by atoms with van der Waals surface area (Å²) < 4.78 is 7.79. The van der Waals surface area contributed by atoms with Gasteiger partial charge >= 0.3 is 0 Å². The maximum absolute atomic E-state index is 10.6. The van der Waals surface area contributed by atoms with Crippen LogP contribution in [-0.2, 0) is 11.2 Å². The molecule has 0 amide bonds. The molecule has 8 heteroatoms. The van der Waals surface area contributed by atoms with Crippen molar-refractivity contribution in [3.63, 3.8) is 0 Å². The highest BCUT2D eigenvalue weighted by atomic mass is 32.1. The molecule has 0 spiro atoms. The summed E-state index contributed by atoms with van der Waals surface area (Å²) in [5.41, 5.74) is 8.10. The third-order valence-electron chi connectivity index (χ3n) is 4.56. The van der Waals surface area contributed by atoms with E-state index >= 15 is 0 Å². The maximum Gasteiger partial charge on any atom is 0.167 e. The smallest absolute Gasteiger partial charge is 0.167 e. The van der Waals surface area contributed by atoms with Crippen LogP contribution in [0.3, 0.4) is 0 Å². The number of ether oxygens (including phenoxy) is 1. The van der Waals surface area contributed by atoms with Gasteiger partial charge in [-0.05, 0) is 18.4 Å². The average molecular weight is 357 g/mol. The number of hydrogen-bond acceptors (Lipinski definition) is 7. The van der Waals surface area contributed by atoms with Crippen LogP contribution >= 0.6 is 12.6 Å². The zero-order valence-corrected chi connectivity index (χ0v) is 14.3. The molecule has 3 aromatic rings. The molecule has 25 heavy (non-hydrogen) atoms. The first-order chi connectivity index (χ1) is 12.1. The van der Waals surface area contributed by atoms with Gasteiger partial charge in [0.25, 0.3) is 0 Å². The monoisotopic (exact) mass is 357 g/mol. The second-order valence-corrected chi connectivity index (χ2v) is 6.75. The number of imidazole rings is 1. The number of nitrogens with zero attached hydrogens (tertiary/aromatic N) is 4. The molecule has 1 aliphatic rings. The molecule has 2 aromatic heterocycles. The van der Waals surface area contributed by atoms with Gasteiger partial charge < -0.3 is 15.6 Å². The summed E-state index contributed by atoms with van der Waals surface area (Å²) >= 11 is 4.57. The van der Waals surface area contributed by atoms with Crippen LogP contribution in [-0.4, -0.2) is 42.1 Å². The van der Waals surface area contributed by atoms with E-state index in [9.17, 15) is 5.11 Å². The number of hydrogen-bond donors (Lipinski definition) is 3. The maximum atomic E-state index is 10.6. The van der Waals surface area contributed by atoms with E-state index in [1.54, 1.807) is 10.9 Å². The van der Waals surface area contributed by atoms with Crippen LogP contribution < -0.4 is 5.73 Å². The highest BCUT2D eigenvalue weighted by Crippen LogP contribution is 2.36. The first-order valence-electron chi connectivity index (χ1n) is 8.13. The first-order valence-corrected chi connectivity index (χ1v) is 8.65. The number of aryl methyl sites for hydroxylation is 1. The molecule has 7 nitrogen and oxygen atoms in total. The van der Waals surface area contributed by atoms with Crippen molar-refractivity contribution in [1.29, 1.82) is 0 Å². The van der Waals surface area contributed by atoms with E-state index in [4.69, 9.17) is 10.5 Å². The van der Waals surface area contributed by atoms with Crippen molar-refractivity contribution in [3.8, 4) is 0 Å². The fourth-order valence-corrected chi connectivity index (χ4v) is 3.57. The molecule has 3 N–H and O–H groups in total. The third-order valence-corrected chi connectivity index (χ3v) is 5.20. The minimum atomic E-state index is -0.766. The summed E-state index contributed by atoms with van der Waals surface area (Å²) in [7, 11) is 0. The van der Waals surface area contributed by atoms with Gasteiger partial charge in [-0.1, -0.05) is 30.3 Å². The van der Waals surface area contributed by atoms with E-state index in [1.165, 1.54) is 11.9 Å². The van der Waals surface area contributed by atoms with Crippen molar-refractivity contribution >= 4 is 29.6 Å². The molecule has 0 radical (unpaired) electrons. The van der Waals surface area contributed by atoms with Crippen LogP contribution in [0.5, 0.6) is 0 Å². The molecule has 4 atom stereocenters. The summed E-state index contributed by atoms with van der Waals surface area (Å²) in [5, 5.41) is 10.3. The summed E-state index contributed by atoms with van der Waals surface area (Å²) in [4.78, 5) is 12.4. The summed E-state index contributed by atoms with van der Waals surface area (Å²) in [6.45, 7) is 0. The summed E-state index contributed by atoms with van der Waals surface area (Å²) in [6.07, 6.45) is 3.06. The topological polar surface area (TPSA) is 99.1 Å². The molecule has 1 aromatic carbocycles. The van der Waals surface area contributed by atoms with Crippen LogP contribution in [0.1, 0.15) is 18.2 Å². The Labute approximate surface area is 150 Å². The number of anilines is 1. The number of aliphatic hydroxyl groups is 1. The first kappa shape index (κ1) is 16.3. The second kappa shape index (κ2) is 6.62. The number of benzene rings is 1. The van der Waals surface area contributed by atoms with Crippen molar-refractivity contribution in [2.24, 2.45) is 0 Å². The number of nitrogens with two attached hydrogens (primary N) is 1. The Bertz CT molecular complexity index is 872. The van der Waals surface area contributed by atoms with Gasteiger partial charge in [-0.25, -0.2) is 15.0 Å². The fourth-order valence-electron chi connectivity index (χ4n) is 3.21. The average Bonchev–Trinajstić information content (AvgIpc) is 3.18. The van der Waals surface area contributed by atoms with Crippen LogP contribution in [0.15, 0.2) is 43.0 Å². The molecule has 130 valence electrons. The molecule has 4 rings (SSSR count).